The summed E-state index contributed by atoms with van der Waals surface area (Å²) >= 11 is -0.897. The molecule has 0 aromatic rings. The van der Waals surface area contributed by atoms with Gasteiger partial charge in [-0.2, -0.15) is 0 Å². The molecule has 1 aliphatic rings. The third-order valence-corrected chi connectivity index (χ3v) is 8.37. The molecule has 0 atom stereocenters. The van der Waals surface area contributed by atoms with E-state index in [1.807, 2.05) is 4.35 Å². The maximum atomic E-state index is 2.50. The monoisotopic (exact) mass is 224 g/mol. The number of allylic oxidation sites excluding steroid dienone is 3. The Hall–Kier alpha value is -0.107. The second-order valence-corrected chi connectivity index (χ2v) is 8.77. The average Bonchev–Trinajstić information content (AvgIpc) is 2.16. The first-order valence-electron chi connectivity index (χ1n) is 4.93. The van der Waals surface area contributed by atoms with Gasteiger partial charge in [-0.15, -0.1) is 0 Å². The summed E-state index contributed by atoms with van der Waals surface area (Å²) in [4.78, 5) is 2.50. The predicted octanol–water partition coefficient (Wildman–Crippen LogP) is 3.11. The van der Waals surface area contributed by atoms with E-state index in [4.69, 9.17) is 0 Å². The normalized spacial score (nSPS) is 16.8. The van der Waals surface area contributed by atoms with Gasteiger partial charge in [0, 0.05) is 0 Å². The topological polar surface area (TPSA) is 0 Å². The first-order chi connectivity index (χ1) is 5.83. The average molecular weight is 223 g/mol. The molecule has 0 radical (unpaired) electrons. The first kappa shape index (κ1) is 9.98. The van der Waals surface area contributed by atoms with Crippen LogP contribution in [0.2, 0.25) is 5.25 Å². The van der Waals surface area contributed by atoms with E-state index >= 15 is 0 Å². The van der Waals surface area contributed by atoms with Gasteiger partial charge in [-0.05, 0) is 0 Å². The van der Waals surface area contributed by atoms with Crippen LogP contribution in [-0.2, 0) is 0 Å². The van der Waals surface area contributed by atoms with Crippen LogP contribution in [0.25, 0.3) is 0 Å². The predicted molar refractivity (Wildman–Crippen MR) is 59.0 cm³/mol. The zero-order chi connectivity index (χ0) is 8.97. The van der Waals surface area contributed by atoms with Gasteiger partial charge in [0.25, 0.3) is 0 Å². The molecule has 1 heterocycles. The number of hydrogen-bond donors (Lipinski definition) is 0. The van der Waals surface area contributed by atoms with E-state index in [2.05, 4.69) is 37.8 Å². The summed E-state index contributed by atoms with van der Waals surface area (Å²) in [6.45, 7) is 6.92. The van der Waals surface area contributed by atoms with Crippen LogP contribution < -0.4 is 0 Å². The second-order valence-electron chi connectivity index (χ2n) is 3.12. The molecule has 0 aromatic heterocycles. The van der Waals surface area contributed by atoms with Crippen molar-refractivity contribution in [2.75, 3.05) is 0 Å². The van der Waals surface area contributed by atoms with Crippen LogP contribution in [0, 0.1) is 0 Å². The van der Waals surface area contributed by atoms with E-state index in [0.717, 1.165) is 0 Å². The molecule has 0 aliphatic carbocycles. The quantitative estimate of drug-likeness (QED) is 0.644. The van der Waals surface area contributed by atoms with Crippen molar-refractivity contribution in [3.8, 4) is 0 Å². The Bertz CT molecular complexity index is 244. The van der Waals surface area contributed by atoms with Gasteiger partial charge < -0.3 is 0 Å². The van der Waals surface area contributed by atoms with Crippen molar-refractivity contribution in [3.63, 3.8) is 0 Å². The summed E-state index contributed by atoms with van der Waals surface area (Å²) < 4.78 is 1.82. The fraction of sp³-hybridized carbons (Fsp3) is 0.545. The van der Waals surface area contributed by atoms with Gasteiger partial charge in [0.15, 0.2) is 0 Å². The summed E-state index contributed by atoms with van der Waals surface area (Å²) in [5.41, 5.74) is 1.64. The molecule has 0 fully saturated rings. The van der Waals surface area contributed by atoms with E-state index in [9.17, 15) is 0 Å². The summed E-state index contributed by atoms with van der Waals surface area (Å²) in [5.74, 6) is 0. The third-order valence-electron chi connectivity index (χ3n) is 2.49. The Morgan fingerprint density at radius 2 is 1.92 bits per heavy atom. The summed E-state index contributed by atoms with van der Waals surface area (Å²) in [6.07, 6.45) is 7.11. The van der Waals surface area contributed by atoms with Gasteiger partial charge in [0.05, 0.1) is 0 Å². The van der Waals surface area contributed by atoms with Crippen molar-refractivity contribution in [2.24, 2.45) is 0 Å². The fourth-order valence-corrected chi connectivity index (χ4v) is 6.67. The molecule has 0 bridgehead atoms. The van der Waals surface area contributed by atoms with E-state index in [1.54, 1.807) is 5.57 Å². The minimum absolute atomic E-state index is 0.897. The minimum atomic E-state index is -0.897. The van der Waals surface area contributed by atoms with Gasteiger partial charge in [0.2, 0.25) is 0 Å². The zero-order valence-electron chi connectivity index (χ0n) is 8.35. The molecule has 0 amide bonds. The molecule has 0 aromatic carbocycles. The van der Waals surface area contributed by atoms with E-state index in [-0.39, 0.29) is 0 Å². The third kappa shape index (κ3) is 1.98. The molecule has 1 rings (SSSR count). The molecule has 0 N–H and O–H groups in total. The molecule has 12 heavy (non-hydrogen) atoms. The van der Waals surface area contributed by atoms with E-state index < -0.39 is 13.9 Å². The van der Waals surface area contributed by atoms with Crippen LogP contribution in [0.1, 0.15) is 33.6 Å². The molecule has 1 heteroatoms. The van der Waals surface area contributed by atoms with Crippen molar-refractivity contribution in [1.82, 2.24) is 0 Å². The second kappa shape index (κ2) is 4.81. The zero-order valence-corrected chi connectivity index (χ0v) is 10.5. The Labute approximate surface area is 80.0 Å². The molecular formula is C11H18Ge. The van der Waals surface area contributed by atoms with Crippen molar-refractivity contribution >= 4 is 18.3 Å². The molecule has 0 saturated carbocycles. The molecule has 1 aliphatic heterocycles. The summed E-state index contributed by atoms with van der Waals surface area (Å²) in [7, 11) is 0. The van der Waals surface area contributed by atoms with Crippen molar-refractivity contribution in [3.05, 3.63) is 22.6 Å². The Balaban J connectivity index is 3.00. The van der Waals surface area contributed by atoms with Crippen molar-refractivity contribution in [1.29, 1.82) is 0 Å². The molecule has 0 unspecified atom stereocenters. The molecule has 0 saturated heterocycles. The summed E-state index contributed by atoms with van der Waals surface area (Å²) in [5, 5.41) is 1.41. The Morgan fingerprint density at radius 1 is 1.17 bits per heavy atom. The van der Waals surface area contributed by atoms with Crippen LogP contribution in [0.5, 0.6) is 0 Å². The van der Waals surface area contributed by atoms with Gasteiger partial charge in [-0.3, -0.25) is 0 Å². The van der Waals surface area contributed by atoms with Gasteiger partial charge in [-0.25, -0.2) is 0 Å². The van der Waals surface area contributed by atoms with Gasteiger partial charge >= 0.3 is 79.8 Å². The Morgan fingerprint density at radius 3 is 2.42 bits per heavy atom. The standard InChI is InChI=1S/C11H18Ge/c1-4-10-8-7-9-12(6-3)11(10)5-2/h7-9H,4-6H2,1-3H3. The maximum absolute atomic E-state index is 2.50. The van der Waals surface area contributed by atoms with E-state index in [1.165, 1.54) is 18.1 Å². The fourth-order valence-electron chi connectivity index (χ4n) is 1.80. The van der Waals surface area contributed by atoms with Crippen LogP contribution in [-0.4, -0.2) is 18.3 Å². The van der Waals surface area contributed by atoms with Crippen LogP contribution in [0.4, 0.5) is 0 Å². The van der Waals surface area contributed by atoms with Crippen LogP contribution in [0.3, 0.4) is 0 Å². The first-order valence-corrected chi connectivity index (χ1v) is 8.67. The van der Waals surface area contributed by atoms with Crippen LogP contribution in [0.15, 0.2) is 22.6 Å². The van der Waals surface area contributed by atoms with Crippen molar-refractivity contribution in [2.45, 2.75) is 38.9 Å². The number of rotatable bonds is 3. The molecular weight excluding hydrogens is 205 g/mol. The molecule has 0 spiro atoms. The summed E-state index contributed by atoms with van der Waals surface area (Å²) in [6, 6.07) is 0. The SMILES string of the molecule is CCC1=CC=[CH][Ge]([CH2]C)=[C]1CC. The van der Waals surface area contributed by atoms with Crippen LogP contribution >= 0.6 is 0 Å². The molecule has 66 valence electrons. The van der Waals surface area contributed by atoms with Gasteiger partial charge in [0.1, 0.15) is 0 Å². The molecule has 0 nitrogen and oxygen atoms in total. The van der Waals surface area contributed by atoms with E-state index in [0.29, 0.717) is 0 Å². The Kier molecular flexibility index (Phi) is 4.00. The number of hydrogen-bond acceptors (Lipinski definition) is 0. The van der Waals surface area contributed by atoms with Gasteiger partial charge in [-0.1, -0.05) is 0 Å². The van der Waals surface area contributed by atoms with Crippen molar-refractivity contribution < 1.29 is 0 Å².